The molecule has 0 bridgehead atoms. The Morgan fingerprint density at radius 3 is 2.50 bits per heavy atom. The highest BCUT2D eigenvalue weighted by Crippen LogP contribution is 2.19. The van der Waals surface area contributed by atoms with Crippen molar-refractivity contribution in [3.63, 3.8) is 0 Å². The first-order valence-electron chi connectivity index (χ1n) is 6.80. The third-order valence-corrected chi connectivity index (χ3v) is 4.30. The van der Waals surface area contributed by atoms with Crippen molar-refractivity contribution in [3.8, 4) is 0 Å². The van der Waals surface area contributed by atoms with Crippen molar-refractivity contribution in [2.24, 2.45) is 0 Å². The third kappa shape index (κ3) is 4.54. The summed E-state index contributed by atoms with van der Waals surface area (Å²) in [6.07, 6.45) is 0.709. The Morgan fingerprint density at radius 1 is 1.30 bits per heavy atom. The highest BCUT2D eigenvalue weighted by Gasteiger charge is 2.17. The number of halogens is 1. The molecule has 20 heavy (non-hydrogen) atoms. The molecule has 0 spiro atoms. The summed E-state index contributed by atoms with van der Waals surface area (Å²) in [5, 5.41) is 3.10. The smallest absolute Gasteiger partial charge is 0.240 e. The lowest BCUT2D eigenvalue weighted by Gasteiger charge is -2.13. The van der Waals surface area contributed by atoms with Crippen molar-refractivity contribution in [2.45, 2.75) is 51.6 Å². The van der Waals surface area contributed by atoms with Crippen LogP contribution in [0.1, 0.15) is 38.3 Å². The fourth-order valence-electron chi connectivity index (χ4n) is 1.72. The molecule has 2 N–H and O–H groups in total. The summed E-state index contributed by atoms with van der Waals surface area (Å²) in [7, 11) is -3.57. The van der Waals surface area contributed by atoms with Crippen LogP contribution in [0.25, 0.3) is 0 Å². The molecule has 0 aliphatic heterocycles. The van der Waals surface area contributed by atoms with E-state index in [1.54, 1.807) is 6.92 Å². The van der Waals surface area contributed by atoms with E-state index in [0.29, 0.717) is 30.6 Å². The van der Waals surface area contributed by atoms with Gasteiger partial charge in [-0.05, 0) is 31.0 Å². The predicted molar refractivity (Wildman–Crippen MR) is 78.6 cm³/mol. The Balaban J connectivity index is 3.10. The van der Waals surface area contributed by atoms with Crippen LogP contribution < -0.4 is 10.0 Å². The number of hydrogen-bond donors (Lipinski definition) is 2. The molecule has 114 valence electrons. The molecule has 1 aromatic carbocycles. The first-order valence-corrected chi connectivity index (χ1v) is 8.28. The number of hydrogen-bond acceptors (Lipinski definition) is 3. The van der Waals surface area contributed by atoms with E-state index >= 15 is 0 Å². The van der Waals surface area contributed by atoms with E-state index < -0.39 is 10.0 Å². The largest absolute Gasteiger partial charge is 0.310 e. The van der Waals surface area contributed by atoms with E-state index in [0.717, 1.165) is 0 Å². The molecule has 0 aromatic heterocycles. The lowest BCUT2D eigenvalue weighted by molar-refractivity contribution is 0.546. The first-order chi connectivity index (χ1) is 9.27. The van der Waals surface area contributed by atoms with Gasteiger partial charge in [0.1, 0.15) is 5.82 Å². The number of aryl methyl sites for hydroxylation is 1. The molecular weight excluding hydrogens is 279 g/mol. The molecule has 1 aromatic rings. The first kappa shape index (κ1) is 17.1. The second-order valence-corrected chi connectivity index (χ2v) is 6.91. The molecule has 0 unspecified atom stereocenters. The van der Waals surface area contributed by atoms with Gasteiger partial charge in [0.25, 0.3) is 0 Å². The van der Waals surface area contributed by atoms with Crippen molar-refractivity contribution in [1.82, 2.24) is 10.0 Å². The second-order valence-electron chi connectivity index (χ2n) is 5.15. The van der Waals surface area contributed by atoms with Crippen LogP contribution >= 0.6 is 0 Å². The van der Waals surface area contributed by atoms with Crippen LogP contribution in [-0.2, 0) is 16.6 Å². The van der Waals surface area contributed by atoms with Gasteiger partial charge < -0.3 is 5.32 Å². The van der Waals surface area contributed by atoms with E-state index in [-0.39, 0.29) is 16.8 Å². The average molecular weight is 302 g/mol. The maximum absolute atomic E-state index is 14.0. The summed E-state index contributed by atoms with van der Waals surface area (Å²) in [6.45, 7) is 8.05. The molecule has 4 nitrogen and oxygen atoms in total. The topological polar surface area (TPSA) is 58.2 Å². The highest BCUT2D eigenvalue weighted by atomic mass is 32.2. The van der Waals surface area contributed by atoms with Gasteiger partial charge in [0, 0.05) is 24.7 Å². The van der Waals surface area contributed by atoms with Gasteiger partial charge in [-0.1, -0.05) is 20.8 Å². The summed E-state index contributed by atoms with van der Waals surface area (Å²) in [5.74, 6) is -0.354. The van der Waals surface area contributed by atoms with E-state index in [4.69, 9.17) is 0 Å². The quantitative estimate of drug-likeness (QED) is 0.812. The minimum atomic E-state index is -3.57. The van der Waals surface area contributed by atoms with Crippen molar-refractivity contribution < 1.29 is 12.8 Å². The molecular formula is C14H23FN2O2S. The fourth-order valence-corrected chi connectivity index (χ4v) is 2.99. The summed E-state index contributed by atoms with van der Waals surface area (Å²) >= 11 is 0. The number of nitrogens with one attached hydrogen (secondary N) is 2. The van der Waals surface area contributed by atoms with Gasteiger partial charge >= 0.3 is 0 Å². The SMILES string of the molecule is CCCNS(=O)(=O)c1cc(C)c(F)c(CNC(C)C)c1. The summed E-state index contributed by atoms with van der Waals surface area (Å²) in [4.78, 5) is 0.116. The molecule has 0 saturated heterocycles. The second kappa shape index (κ2) is 7.15. The predicted octanol–water partition coefficient (Wildman–Crippen LogP) is 2.32. The normalized spacial score (nSPS) is 12.1. The molecule has 0 saturated carbocycles. The van der Waals surface area contributed by atoms with Gasteiger partial charge in [0.15, 0.2) is 0 Å². The molecule has 0 aliphatic rings. The van der Waals surface area contributed by atoms with Crippen molar-refractivity contribution in [3.05, 3.63) is 29.1 Å². The van der Waals surface area contributed by atoms with Crippen LogP contribution in [0.15, 0.2) is 17.0 Å². The monoisotopic (exact) mass is 302 g/mol. The Kier molecular flexibility index (Phi) is 6.10. The molecule has 0 atom stereocenters. The molecule has 1 rings (SSSR count). The van der Waals surface area contributed by atoms with E-state index in [1.165, 1.54) is 12.1 Å². The van der Waals surface area contributed by atoms with Crippen LogP contribution in [-0.4, -0.2) is 21.0 Å². The van der Waals surface area contributed by atoms with Crippen LogP contribution in [0.5, 0.6) is 0 Å². The van der Waals surface area contributed by atoms with Gasteiger partial charge in [-0.2, -0.15) is 0 Å². The van der Waals surface area contributed by atoms with E-state index in [1.807, 2.05) is 20.8 Å². The highest BCUT2D eigenvalue weighted by molar-refractivity contribution is 7.89. The van der Waals surface area contributed by atoms with Gasteiger partial charge in [0.2, 0.25) is 10.0 Å². The summed E-state index contributed by atoms with van der Waals surface area (Å²) in [6, 6.07) is 2.97. The average Bonchev–Trinajstić information content (AvgIpc) is 2.37. The third-order valence-electron chi connectivity index (χ3n) is 2.86. The Hall–Kier alpha value is -0.980. The number of benzene rings is 1. The zero-order chi connectivity index (χ0) is 15.3. The zero-order valence-corrected chi connectivity index (χ0v) is 13.3. The molecule has 0 amide bonds. The Bertz CT molecular complexity index is 557. The van der Waals surface area contributed by atoms with E-state index in [2.05, 4.69) is 10.0 Å². The molecule has 0 heterocycles. The van der Waals surface area contributed by atoms with Gasteiger partial charge in [0.05, 0.1) is 4.90 Å². The Labute approximate surface area is 120 Å². The number of rotatable bonds is 7. The Morgan fingerprint density at radius 2 is 1.95 bits per heavy atom. The van der Waals surface area contributed by atoms with Crippen molar-refractivity contribution in [1.29, 1.82) is 0 Å². The standard InChI is InChI=1S/C14H23FN2O2S/c1-5-6-17-20(18,19)13-7-11(4)14(15)12(8-13)9-16-10(2)3/h7-8,10,16-17H,5-6,9H2,1-4H3. The molecule has 0 radical (unpaired) electrons. The molecule has 6 heteroatoms. The fraction of sp³-hybridized carbons (Fsp3) is 0.571. The number of sulfonamides is 1. The molecule has 0 aliphatic carbocycles. The molecule has 0 fully saturated rings. The maximum atomic E-state index is 14.0. The van der Waals surface area contributed by atoms with Gasteiger partial charge in [-0.25, -0.2) is 17.5 Å². The summed E-state index contributed by atoms with van der Waals surface area (Å²) < 4.78 is 40.7. The van der Waals surface area contributed by atoms with Crippen LogP contribution in [0, 0.1) is 12.7 Å². The minimum Gasteiger partial charge on any atom is -0.310 e. The van der Waals surface area contributed by atoms with Crippen molar-refractivity contribution >= 4 is 10.0 Å². The van der Waals surface area contributed by atoms with Crippen molar-refractivity contribution in [2.75, 3.05) is 6.54 Å². The minimum absolute atomic E-state index is 0.116. The van der Waals surface area contributed by atoms with Crippen LogP contribution in [0.2, 0.25) is 0 Å². The van der Waals surface area contributed by atoms with Gasteiger partial charge in [-0.3, -0.25) is 0 Å². The van der Waals surface area contributed by atoms with Crippen LogP contribution in [0.3, 0.4) is 0 Å². The lowest BCUT2D eigenvalue weighted by atomic mass is 10.1. The van der Waals surface area contributed by atoms with Gasteiger partial charge in [-0.15, -0.1) is 0 Å². The zero-order valence-electron chi connectivity index (χ0n) is 12.5. The lowest BCUT2D eigenvalue weighted by Crippen LogP contribution is -2.26. The van der Waals surface area contributed by atoms with Crippen LogP contribution in [0.4, 0.5) is 4.39 Å². The maximum Gasteiger partial charge on any atom is 0.240 e. The van der Waals surface area contributed by atoms with E-state index in [9.17, 15) is 12.8 Å². The summed E-state index contributed by atoms with van der Waals surface area (Å²) in [5.41, 5.74) is 0.709.